The molecule has 0 unspecified atom stereocenters. The molecule has 0 saturated carbocycles. The number of carbonyl (C=O) groups is 6. The molecule has 0 bridgehead atoms. The van der Waals surface area contributed by atoms with Crippen LogP contribution >= 0.6 is 0 Å². The van der Waals surface area contributed by atoms with Crippen molar-refractivity contribution in [2.75, 3.05) is 6.61 Å². The Labute approximate surface area is 249 Å². The molecule has 0 radical (unpaired) electrons. The minimum Gasteiger partial charge on any atom is -0.442 e. The lowest BCUT2D eigenvalue weighted by Crippen LogP contribution is -2.81. The number of aliphatic hydroxyl groups excluding tert-OH is 3. The van der Waals surface area contributed by atoms with Crippen molar-refractivity contribution in [2.24, 2.45) is 27.1 Å². The van der Waals surface area contributed by atoms with Gasteiger partial charge in [0.05, 0.1) is 17.4 Å². The molecule has 242 valence electrons. The molecular weight excluding hydrogens is 548 g/mol. The van der Waals surface area contributed by atoms with Gasteiger partial charge in [-0.15, -0.1) is 0 Å². The first-order chi connectivity index (χ1) is 18.3. The average Bonchev–Trinajstić information content (AvgIpc) is 2.79. The molecule has 0 aliphatic rings. The number of esters is 2. The normalized spacial score (nSPS) is 17.7. The molecule has 0 aromatic carbocycles. The third-order valence-corrected chi connectivity index (χ3v) is 6.44. The van der Waals surface area contributed by atoms with Gasteiger partial charge in [-0.1, -0.05) is 62.3 Å². The SMILES string of the molecule is CC(C)(C)C(=O)O[C@@](C(=O)C(=O)C(C)(C)C)(C(=O)C(C)(C)C)[C@](OC(=O)C(C)(C)C)(C(=O)C(C)(C)C)[C@H](O)[C@H](O)CO. The lowest BCUT2D eigenvalue weighted by Gasteiger charge is -2.52. The lowest BCUT2D eigenvalue weighted by atomic mass is 9.59. The lowest BCUT2D eigenvalue weighted by molar-refractivity contribution is -0.248. The molecule has 0 rings (SSSR count). The maximum Gasteiger partial charge on any atom is 0.312 e. The van der Waals surface area contributed by atoms with Gasteiger partial charge in [-0.05, 0) is 41.5 Å². The summed E-state index contributed by atoms with van der Waals surface area (Å²) in [5.74, 6) is -8.18. The van der Waals surface area contributed by atoms with E-state index in [4.69, 9.17) is 9.47 Å². The minimum absolute atomic E-state index is 1.23. The first-order valence-corrected chi connectivity index (χ1v) is 13.9. The van der Waals surface area contributed by atoms with Crippen LogP contribution in [0.4, 0.5) is 0 Å². The second-order valence-corrected chi connectivity index (χ2v) is 16.0. The van der Waals surface area contributed by atoms with Crippen LogP contribution in [0.3, 0.4) is 0 Å². The Balaban J connectivity index is 9.07. The van der Waals surface area contributed by atoms with Gasteiger partial charge in [-0.25, -0.2) is 0 Å². The van der Waals surface area contributed by atoms with Gasteiger partial charge in [0.1, 0.15) is 12.2 Å². The molecule has 0 aromatic rings. The number of hydrogen-bond donors (Lipinski definition) is 3. The fourth-order valence-electron chi connectivity index (χ4n) is 3.84. The maximum absolute atomic E-state index is 14.7. The molecule has 0 heterocycles. The smallest absolute Gasteiger partial charge is 0.312 e. The van der Waals surface area contributed by atoms with E-state index in [1.807, 2.05) is 0 Å². The van der Waals surface area contributed by atoms with Crippen molar-refractivity contribution in [3.63, 3.8) is 0 Å². The van der Waals surface area contributed by atoms with Crippen molar-refractivity contribution in [3.05, 3.63) is 0 Å². The molecule has 0 aromatic heterocycles. The van der Waals surface area contributed by atoms with Crippen molar-refractivity contribution in [2.45, 2.75) is 127 Å². The van der Waals surface area contributed by atoms with Gasteiger partial charge in [0.15, 0.2) is 11.6 Å². The fourth-order valence-corrected chi connectivity index (χ4v) is 3.84. The molecule has 0 aliphatic heterocycles. The van der Waals surface area contributed by atoms with E-state index < -0.39 is 92.2 Å². The van der Waals surface area contributed by atoms with Crippen LogP contribution in [0.25, 0.3) is 0 Å². The number of aliphatic hydroxyl groups is 3. The summed E-state index contributed by atoms with van der Waals surface area (Å²) in [6.45, 7) is 19.0. The summed E-state index contributed by atoms with van der Waals surface area (Å²) in [4.78, 5) is 85.1. The van der Waals surface area contributed by atoms with E-state index in [-0.39, 0.29) is 0 Å². The van der Waals surface area contributed by atoms with Gasteiger partial charge in [-0.3, -0.25) is 28.8 Å². The number of ketones is 4. The number of carbonyl (C=O) groups excluding carboxylic acids is 6. The van der Waals surface area contributed by atoms with Crippen LogP contribution in [-0.4, -0.2) is 80.4 Å². The Morgan fingerprint density at radius 3 is 1.17 bits per heavy atom. The highest BCUT2D eigenvalue weighted by molar-refractivity contribution is 6.48. The van der Waals surface area contributed by atoms with E-state index in [1.54, 1.807) is 0 Å². The molecule has 0 amide bonds. The summed E-state index contributed by atoms with van der Waals surface area (Å²) >= 11 is 0. The molecule has 42 heavy (non-hydrogen) atoms. The molecule has 11 nitrogen and oxygen atoms in total. The molecule has 11 heteroatoms. The zero-order chi connectivity index (χ0) is 34.2. The van der Waals surface area contributed by atoms with Crippen LogP contribution in [0.1, 0.15) is 104 Å². The van der Waals surface area contributed by atoms with E-state index in [1.165, 1.54) is 104 Å². The predicted molar refractivity (Wildman–Crippen MR) is 154 cm³/mol. The number of hydrogen-bond acceptors (Lipinski definition) is 11. The van der Waals surface area contributed by atoms with E-state index in [0.717, 1.165) is 0 Å². The second kappa shape index (κ2) is 12.2. The van der Waals surface area contributed by atoms with Crippen LogP contribution in [0.5, 0.6) is 0 Å². The van der Waals surface area contributed by atoms with Crippen LogP contribution in [-0.2, 0) is 38.2 Å². The van der Waals surface area contributed by atoms with Gasteiger partial charge in [0.2, 0.25) is 5.78 Å². The summed E-state index contributed by atoms with van der Waals surface area (Å²) in [7, 11) is 0. The number of Topliss-reactive ketones (excluding diaryl/α,β-unsaturated/α-hetero) is 4. The Morgan fingerprint density at radius 2 is 0.881 bits per heavy atom. The zero-order valence-corrected chi connectivity index (χ0v) is 28.0. The van der Waals surface area contributed by atoms with Gasteiger partial charge in [-0.2, -0.15) is 0 Å². The minimum atomic E-state index is -3.64. The summed E-state index contributed by atoms with van der Waals surface area (Å²) in [6.07, 6.45) is -5.06. The van der Waals surface area contributed by atoms with Gasteiger partial charge in [0, 0.05) is 16.2 Å². The van der Waals surface area contributed by atoms with Crippen molar-refractivity contribution in [1.82, 2.24) is 0 Å². The molecule has 0 spiro atoms. The van der Waals surface area contributed by atoms with E-state index in [2.05, 4.69) is 0 Å². The Kier molecular flexibility index (Phi) is 11.5. The Morgan fingerprint density at radius 1 is 0.524 bits per heavy atom. The van der Waals surface area contributed by atoms with E-state index >= 15 is 0 Å². The number of ether oxygens (including phenoxy) is 2. The van der Waals surface area contributed by atoms with Gasteiger partial charge < -0.3 is 24.8 Å². The van der Waals surface area contributed by atoms with Gasteiger partial charge in [0.25, 0.3) is 17.0 Å². The second-order valence-electron chi connectivity index (χ2n) is 16.0. The topological polar surface area (TPSA) is 182 Å². The summed E-state index contributed by atoms with van der Waals surface area (Å²) < 4.78 is 11.5. The van der Waals surface area contributed by atoms with Crippen molar-refractivity contribution < 1.29 is 53.6 Å². The van der Waals surface area contributed by atoms with E-state index in [0.29, 0.717) is 0 Å². The molecule has 3 N–H and O–H groups in total. The van der Waals surface area contributed by atoms with Crippen molar-refractivity contribution in [1.29, 1.82) is 0 Å². The quantitative estimate of drug-likeness (QED) is 0.190. The predicted octanol–water partition coefficient (Wildman–Crippen LogP) is 2.77. The van der Waals surface area contributed by atoms with Crippen LogP contribution in [0.2, 0.25) is 0 Å². The van der Waals surface area contributed by atoms with Gasteiger partial charge >= 0.3 is 11.9 Å². The summed E-state index contributed by atoms with van der Waals surface area (Å²) in [5, 5.41) is 32.5. The maximum atomic E-state index is 14.7. The standard InChI is InChI=1S/C31H52O11/c1-25(2,3)19(35)20(36)31(22(38)27(7,8)9,42-24(40)29(13,14)15)30(18(34)17(33)16-32,21(37)26(4,5)6)41-23(39)28(10,11)12/h17-18,32-34H,16H2,1-15H3/t17-,18-,30-,31+/m1/s1. The molecule has 0 fully saturated rings. The fraction of sp³-hybridized carbons (Fsp3) is 0.806. The first-order valence-electron chi connectivity index (χ1n) is 13.9. The third kappa shape index (κ3) is 7.71. The monoisotopic (exact) mass is 600 g/mol. The highest BCUT2D eigenvalue weighted by atomic mass is 16.6. The highest BCUT2D eigenvalue weighted by Crippen LogP contribution is 2.48. The molecule has 4 atom stereocenters. The molecular formula is C31H52O11. The first kappa shape index (κ1) is 39.5. The highest BCUT2D eigenvalue weighted by Gasteiger charge is 2.78. The third-order valence-electron chi connectivity index (χ3n) is 6.44. The molecule has 0 saturated heterocycles. The Bertz CT molecular complexity index is 1080. The van der Waals surface area contributed by atoms with Crippen LogP contribution in [0, 0.1) is 27.1 Å². The number of rotatable bonds is 10. The zero-order valence-electron chi connectivity index (χ0n) is 28.0. The van der Waals surface area contributed by atoms with Crippen molar-refractivity contribution in [3.8, 4) is 0 Å². The van der Waals surface area contributed by atoms with E-state index in [9.17, 15) is 44.1 Å². The Hall–Kier alpha value is -2.50. The largest absolute Gasteiger partial charge is 0.442 e. The van der Waals surface area contributed by atoms with Crippen LogP contribution < -0.4 is 0 Å². The molecule has 0 aliphatic carbocycles. The summed E-state index contributed by atoms with van der Waals surface area (Å²) in [5.41, 5.74) is -15.0. The summed E-state index contributed by atoms with van der Waals surface area (Å²) in [6, 6.07) is 0. The van der Waals surface area contributed by atoms with Crippen LogP contribution in [0.15, 0.2) is 0 Å². The average molecular weight is 601 g/mol. The van der Waals surface area contributed by atoms with Crippen molar-refractivity contribution >= 4 is 35.1 Å².